The molecule has 1 amide bonds. The monoisotopic (exact) mass is 290 g/mol. The fraction of sp³-hybridized carbons (Fsp3) is 0.333. The van der Waals surface area contributed by atoms with Gasteiger partial charge in [0, 0.05) is 31.3 Å². The first-order valence-electron chi connectivity index (χ1n) is 6.67. The maximum atomic E-state index is 12.7. The molecule has 1 fully saturated rings. The highest BCUT2D eigenvalue weighted by atomic mass is 35.5. The zero-order valence-electron chi connectivity index (χ0n) is 11.0. The van der Waals surface area contributed by atoms with Gasteiger partial charge in [0.15, 0.2) is 0 Å². The number of ether oxygens (including phenoxy) is 1. The minimum atomic E-state index is -0.00383. The van der Waals surface area contributed by atoms with Gasteiger partial charge in [0.25, 0.3) is 5.91 Å². The molecule has 104 valence electrons. The number of benzene rings is 1. The van der Waals surface area contributed by atoms with Gasteiger partial charge in [-0.25, -0.2) is 4.98 Å². The van der Waals surface area contributed by atoms with Gasteiger partial charge in [-0.2, -0.15) is 0 Å². The van der Waals surface area contributed by atoms with Gasteiger partial charge < -0.3 is 9.64 Å². The van der Waals surface area contributed by atoms with Crippen LogP contribution in [0.3, 0.4) is 0 Å². The molecule has 0 bridgehead atoms. The third kappa shape index (κ3) is 2.49. The number of halogens is 1. The van der Waals surface area contributed by atoms with E-state index in [2.05, 4.69) is 4.98 Å². The van der Waals surface area contributed by atoms with E-state index in [1.54, 1.807) is 6.20 Å². The van der Waals surface area contributed by atoms with E-state index in [1.165, 1.54) is 0 Å². The summed E-state index contributed by atoms with van der Waals surface area (Å²) < 4.78 is 5.39. The summed E-state index contributed by atoms with van der Waals surface area (Å²) in [7, 11) is 0. The van der Waals surface area contributed by atoms with E-state index in [0.717, 1.165) is 23.7 Å². The highest BCUT2D eigenvalue weighted by Gasteiger charge is 2.20. The number of aromatic nitrogens is 1. The molecule has 4 nitrogen and oxygen atoms in total. The number of nitrogens with zero attached hydrogens (tertiary/aromatic N) is 2. The van der Waals surface area contributed by atoms with Gasteiger partial charge in [-0.1, -0.05) is 35.9 Å². The maximum absolute atomic E-state index is 12.7. The number of carbonyl (C=O) groups is 1. The highest BCUT2D eigenvalue weighted by molar-refractivity contribution is 6.34. The fourth-order valence-electron chi connectivity index (χ4n) is 2.45. The van der Waals surface area contributed by atoms with Gasteiger partial charge in [0.05, 0.1) is 12.2 Å². The lowest BCUT2D eigenvalue weighted by Crippen LogP contribution is -2.33. The topological polar surface area (TPSA) is 42.4 Å². The zero-order valence-corrected chi connectivity index (χ0v) is 11.8. The molecule has 2 aromatic rings. The van der Waals surface area contributed by atoms with E-state index in [1.807, 2.05) is 29.2 Å². The molecule has 0 N–H and O–H groups in total. The quantitative estimate of drug-likeness (QED) is 0.759. The molecule has 0 aliphatic carbocycles. The Labute approximate surface area is 122 Å². The van der Waals surface area contributed by atoms with Crippen LogP contribution in [0.4, 0.5) is 0 Å². The second-order valence-corrected chi connectivity index (χ2v) is 5.12. The Hall–Kier alpha value is -1.65. The minimum absolute atomic E-state index is 0.00383. The number of rotatable bonds is 1. The first kappa shape index (κ1) is 13.3. The molecule has 0 saturated carbocycles. The van der Waals surface area contributed by atoms with Crippen LogP contribution in [0.25, 0.3) is 10.8 Å². The molecular formula is C15H15ClN2O2. The normalized spacial score (nSPS) is 16.1. The van der Waals surface area contributed by atoms with Crippen molar-refractivity contribution in [1.29, 1.82) is 0 Å². The molecule has 0 unspecified atom stereocenters. The Bertz CT molecular complexity index is 637. The summed E-state index contributed by atoms with van der Waals surface area (Å²) >= 11 is 6.09. The fourth-order valence-corrected chi connectivity index (χ4v) is 2.66. The molecule has 5 heteroatoms. The number of carbonyl (C=O) groups excluding carboxylic acids is 1. The molecule has 1 aliphatic rings. The molecule has 20 heavy (non-hydrogen) atoms. The first-order chi connectivity index (χ1) is 9.77. The Balaban J connectivity index is 2.01. The number of hydrogen-bond acceptors (Lipinski definition) is 3. The summed E-state index contributed by atoms with van der Waals surface area (Å²) in [5, 5.41) is 2.09. The van der Waals surface area contributed by atoms with Crippen molar-refractivity contribution in [2.45, 2.75) is 6.42 Å². The molecule has 1 saturated heterocycles. The van der Waals surface area contributed by atoms with Crippen molar-refractivity contribution >= 4 is 28.3 Å². The van der Waals surface area contributed by atoms with Gasteiger partial charge >= 0.3 is 0 Å². The molecule has 1 aromatic carbocycles. The lowest BCUT2D eigenvalue weighted by molar-refractivity contribution is 0.0743. The molecular weight excluding hydrogens is 276 g/mol. The summed E-state index contributed by atoms with van der Waals surface area (Å²) in [6.45, 7) is 2.64. The van der Waals surface area contributed by atoms with Gasteiger partial charge in [-0.15, -0.1) is 0 Å². The lowest BCUT2D eigenvalue weighted by atomic mass is 10.1. The Morgan fingerprint density at radius 3 is 2.85 bits per heavy atom. The van der Waals surface area contributed by atoms with Crippen LogP contribution < -0.4 is 0 Å². The molecule has 0 radical (unpaired) electrons. The van der Waals surface area contributed by atoms with Crippen molar-refractivity contribution in [2.75, 3.05) is 26.3 Å². The number of hydrogen-bond donors (Lipinski definition) is 0. The van der Waals surface area contributed by atoms with Crippen LogP contribution in [-0.2, 0) is 4.74 Å². The highest BCUT2D eigenvalue weighted by Crippen LogP contribution is 2.25. The van der Waals surface area contributed by atoms with Crippen molar-refractivity contribution in [3.8, 4) is 0 Å². The number of fused-ring (bicyclic) bond motifs is 1. The SMILES string of the molecule is O=C(c1cnc(Cl)c2ccccc12)N1CCCOCC1. The Morgan fingerprint density at radius 2 is 2.00 bits per heavy atom. The number of amides is 1. The summed E-state index contributed by atoms with van der Waals surface area (Å²) in [6.07, 6.45) is 2.43. The van der Waals surface area contributed by atoms with Crippen molar-refractivity contribution in [2.24, 2.45) is 0 Å². The molecule has 1 aromatic heterocycles. The summed E-state index contributed by atoms with van der Waals surface area (Å²) in [6, 6.07) is 7.59. The van der Waals surface area contributed by atoms with Crippen LogP contribution in [0.5, 0.6) is 0 Å². The number of pyridine rings is 1. The van der Waals surface area contributed by atoms with Crippen molar-refractivity contribution in [1.82, 2.24) is 9.88 Å². The smallest absolute Gasteiger partial charge is 0.256 e. The Morgan fingerprint density at radius 1 is 1.20 bits per heavy atom. The predicted octanol–water partition coefficient (Wildman–Crippen LogP) is 2.75. The first-order valence-corrected chi connectivity index (χ1v) is 7.05. The molecule has 2 heterocycles. The minimum Gasteiger partial charge on any atom is -0.380 e. The standard InChI is InChI=1S/C15H15ClN2O2/c16-14-12-5-2-1-4-11(12)13(10-17-14)15(19)18-6-3-8-20-9-7-18/h1-2,4-5,10H,3,6-9H2. The summed E-state index contributed by atoms with van der Waals surface area (Å²) in [4.78, 5) is 18.6. The third-order valence-electron chi connectivity index (χ3n) is 3.49. The van der Waals surface area contributed by atoms with E-state index < -0.39 is 0 Å². The Kier molecular flexibility index (Phi) is 3.85. The van der Waals surface area contributed by atoms with Crippen LogP contribution in [0.2, 0.25) is 5.15 Å². The van der Waals surface area contributed by atoms with Gasteiger partial charge in [0.1, 0.15) is 5.15 Å². The maximum Gasteiger partial charge on any atom is 0.256 e. The van der Waals surface area contributed by atoms with Crippen LogP contribution in [-0.4, -0.2) is 42.1 Å². The predicted molar refractivity (Wildman–Crippen MR) is 78.1 cm³/mol. The molecule has 1 aliphatic heterocycles. The molecule has 3 rings (SSSR count). The van der Waals surface area contributed by atoms with Gasteiger partial charge in [-0.05, 0) is 11.8 Å². The average molecular weight is 291 g/mol. The molecule has 0 atom stereocenters. The summed E-state index contributed by atoms with van der Waals surface area (Å²) in [5.74, 6) is -0.00383. The zero-order chi connectivity index (χ0) is 13.9. The van der Waals surface area contributed by atoms with E-state index in [9.17, 15) is 4.79 Å². The van der Waals surface area contributed by atoms with E-state index in [4.69, 9.17) is 16.3 Å². The van der Waals surface area contributed by atoms with Crippen LogP contribution in [0, 0.1) is 0 Å². The lowest BCUT2D eigenvalue weighted by Gasteiger charge is -2.20. The third-order valence-corrected chi connectivity index (χ3v) is 3.79. The van der Waals surface area contributed by atoms with Crippen molar-refractivity contribution in [3.63, 3.8) is 0 Å². The van der Waals surface area contributed by atoms with Crippen molar-refractivity contribution in [3.05, 3.63) is 41.2 Å². The van der Waals surface area contributed by atoms with Crippen molar-refractivity contribution < 1.29 is 9.53 Å². The van der Waals surface area contributed by atoms with Crippen LogP contribution >= 0.6 is 11.6 Å². The van der Waals surface area contributed by atoms with E-state index >= 15 is 0 Å². The van der Waals surface area contributed by atoms with Crippen LogP contribution in [0.15, 0.2) is 30.5 Å². The van der Waals surface area contributed by atoms with Gasteiger partial charge in [0.2, 0.25) is 0 Å². The largest absolute Gasteiger partial charge is 0.380 e. The van der Waals surface area contributed by atoms with Gasteiger partial charge in [-0.3, -0.25) is 4.79 Å². The second-order valence-electron chi connectivity index (χ2n) is 4.77. The van der Waals surface area contributed by atoms with Crippen LogP contribution in [0.1, 0.15) is 16.8 Å². The molecule has 0 spiro atoms. The summed E-state index contributed by atoms with van der Waals surface area (Å²) in [5.41, 5.74) is 0.604. The van der Waals surface area contributed by atoms with E-state index in [0.29, 0.717) is 30.5 Å². The average Bonchev–Trinajstić information content (AvgIpc) is 2.76. The second kappa shape index (κ2) is 5.77. The van der Waals surface area contributed by atoms with E-state index in [-0.39, 0.29) is 5.91 Å².